The third-order valence-electron chi connectivity index (χ3n) is 2.52. The van der Waals surface area contributed by atoms with Crippen LogP contribution in [-0.2, 0) is 6.54 Å². The normalized spacial score (nSPS) is 14.4. The van der Waals surface area contributed by atoms with Crippen molar-refractivity contribution >= 4 is 0 Å². The Balaban J connectivity index is 2.93. The Morgan fingerprint density at radius 2 is 2.06 bits per heavy atom. The molecule has 0 saturated heterocycles. The predicted molar refractivity (Wildman–Crippen MR) is 54.9 cm³/mol. The van der Waals surface area contributed by atoms with Crippen LogP contribution in [-0.4, -0.2) is 22.5 Å². The summed E-state index contributed by atoms with van der Waals surface area (Å²) in [4.78, 5) is 0. The summed E-state index contributed by atoms with van der Waals surface area (Å²) in [5.41, 5.74) is 6.13. The molecular formula is C10H16F3N3. The molecule has 92 valence electrons. The van der Waals surface area contributed by atoms with Crippen molar-refractivity contribution in [3.8, 4) is 0 Å². The molecule has 0 aliphatic carbocycles. The van der Waals surface area contributed by atoms with E-state index >= 15 is 0 Å². The smallest absolute Gasteiger partial charge is 0.330 e. The van der Waals surface area contributed by atoms with Crippen LogP contribution in [0.4, 0.5) is 13.2 Å². The number of halogens is 3. The number of alkyl halides is 3. The molecule has 1 heterocycles. The maximum Gasteiger partial charge on any atom is 0.408 e. The van der Waals surface area contributed by atoms with Crippen LogP contribution in [0, 0.1) is 5.92 Å². The second kappa shape index (κ2) is 4.86. The van der Waals surface area contributed by atoms with Crippen molar-refractivity contribution in [1.29, 1.82) is 0 Å². The number of aromatic nitrogens is 2. The third kappa shape index (κ3) is 3.23. The molecule has 2 N–H and O–H groups in total. The predicted octanol–water partition coefficient (Wildman–Crippen LogP) is 2.14. The highest BCUT2D eigenvalue weighted by Crippen LogP contribution is 2.25. The lowest BCUT2D eigenvalue weighted by Crippen LogP contribution is -2.25. The van der Waals surface area contributed by atoms with Crippen molar-refractivity contribution in [2.45, 2.75) is 32.5 Å². The average molecular weight is 235 g/mol. The fourth-order valence-corrected chi connectivity index (χ4v) is 1.69. The van der Waals surface area contributed by atoms with Crippen LogP contribution in [0.5, 0.6) is 0 Å². The van der Waals surface area contributed by atoms with Crippen LogP contribution < -0.4 is 5.73 Å². The lowest BCUT2D eigenvalue weighted by atomic mass is 9.92. The maximum atomic E-state index is 12.3. The van der Waals surface area contributed by atoms with Gasteiger partial charge in [0.15, 0.2) is 0 Å². The first-order chi connectivity index (χ1) is 7.35. The highest BCUT2D eigenvalue weighted by Gasteiger charge is 2.30. The van der Waals surface area contributed by atoms with Gasteiger partial charge in [-0.15, -0.1) is 0 Å². The van der Waals surface area contributed by atoms with Gasteiger partial charge < -0.3 is 5.73 Å². The van der Waals surface area contributed by atoms with E-state index in [1.807, 2.05) is 13.8 Å². The molecule has 0 aliphatic rings. The van der Waals surface area contributed by atoms with Crippen molar-refractivity contribution in [2.24, 2.45) is 11.7 Å². The molecule has 1 atom stereocenters. The molecule has 0 aromatic carbocycles. The zero-order valence-electron chi connectivity index (χ0n) is 9.33. The summed E-state index contributed by atoms with van der Waals surface area (Å²) in [5.74, 6) is 0.0959. The van der Waals surface area contributed by atoms with E-state index in [-0.39, 0.29) is 11.8 Å². The molecule has 1 unspecified atom stereocenters. The van der Waals surface area contributed by atoms with Crippen molar-refractivity contribution in [1.82, 2.24) is 9.78 Å². The van der Waals surface area contributed by atoms with Crippen molar-refractivity contribution < 1.29 is 13.2 Å². The molecule has 0 amide bonds. The van der Waals surface area contributed by atoms with Gasteiger partial charge in [0.1, 0.15) is 6.54 Å². The molecule has 1 aromatic rings. The zero-order valence-corrected chi connectivity index (χ0v) is 9.33. The van der Waals surface area contributed by atoms with Gasteiger partial charge in [-0.2, -0.15) is 18.3 Å². The van der Waals surface area contributed by atoms with Gasteiger partial charge in [-0.3, -0.25) is 4.68 Å². The fourth-order valence-electron chi connectivity index (χ4n) is 1.69. The fraction of sp³-hybridized carbons (Fsp3) is 0.700. The summed E-state index contributed by atoms with van der Waals surface area (Å²) in [7, 11) is 0. The lowest BCUT2D eigenvalue weighted by Gasteiger charge is -2.20. The van der Waals surface area contributed by atoms with Gasteiger partial charge >= 0.3 is 6.18 Å². The Labute approximate surface area is 92.4 Å². The van der Waals surface area contributed by atoms with Crippen molar-refractivity contribution in [3.05, 3.63) is 18.0 Å². The van der Waals surface area contributed by atoms with Gasteiger partial charge in [-0.1, -0.05) is 13.8 Å². The van der Waals surface area contributed by atoms with Crippen LogP contribution in [0.3, 0.4) is 0 Å². The average Bonchev–Trinajstić information content (AvgIpc) is 2.51. The Kier molecular flexibility index (Phi) is 3.96. The van der Waals surface area contributed by atoms with E-state index in [1.165, 1.54) is 6.20 Å². The van der Waals surface area contributed by atoms with E-state index in [0.717, 1.165) is 4.68 Å². The first-order valence-electron chi connectivity index (χ1n) is 5.13. The van der Waals surface area contributed by atoms with Crippen molar-refractivity contribution in [2.75, 3.05) is 6.54 Å². The Morgan fingerprint density at radius 1 is 1.44 bits per heavy atom. The molecule has 6 heteroatoms. The molecule has 1 rings (SSSR count). The molecule has 0 saturated carbocycles. The van der Waals surface area contributed by atoms with Crippen molar-refractivity contribution in [3.63, 3.8) is 0 Å². The molecule has 16 heavy (non-hydrogen) atoms. The number of hydrogen-bond donors (Lipinski definition) is 1. The Morgan fingerprint density at radius 3 is 2.50 bits per heavy atom. The van der Waals surface area contributed by atoms with Crippen LogP contribution >= 0.6 is 0 Å². The first-order valence-corrected chi connectivity index (χ1v) is 5.13. The van der Waals surface area contributed by atoms with Gasteiger partial charge in [-0.05, 0) is 12.0 Å². The first kappa shape index (κ1) is 13.0. The number of nitrogens with two attached hydrogens (primary N) is 1. The Bertz CT molecular complexity index is 330. The molecule has 3 nitrogen and oxygen atoms in total. The van der Waals surface area contributed by atoms with E-state index in [4.69, 9.17) is 5.73 Å². The summed E-state index contributed by atoms with van der Waals surface area (Å²) in [6.07, 6.45) is -2.87. The molecule has 0 fully saturated rings. The van der Waals surface area contributed by atoms with Gasteiger partial charge in [0, 0.05) is 24.4 Å². The Hall–Kier alpha value is -1.04. The van der Waals surface area contributed by atoms with E-state index in [1.54, 1.807) is 6.07 Å². The van der Waals surface area contributed by atoms with Gasteiger partial charge in [0.05, 0.1) is 0 Å². The van der Waals surface area contributed by atoms with Gasteiger partial charge in [-0.25, -0.2) is 0 Å². The summed E-state index contributed by atoms with van der Waals surface area (Å²) >= 11 is 0. The molecule has 0 bridgehead atoms. The third-order valence-corrected chi connectivity index (χ3v) is 2.52. The number of rotatable bonds is 4. The monoisotopic (exact) mass is 235 g/mol. The number of nitrogens with zero attached hydrogens (tertiary/aromatic N) is 2. The van der Waals surface area contributed by atoms with E-state index in [2.05, 4.69) is 5.10 Å². The van der Waals surface area contributed by atoms with Crippen LogP contribution in [0.1, 0.15) is 25.5 Å². The summed E-state index contributed by atoms with van der Waals surface area (Å²) < 4.78 is 37.8. The SMILES string of the molecule is CC(C)C(CN)c1ccnn1CC(F)(F)F. The highest BCUT2D eigenvalue weighted by atomic mass is 19.4. The molecule has 1 aromatic heterocycles. The minimum Gasteiger partial charge on any atom is -0.330 e. The van der Waals surface area contributed by atoms with Crippen LogP contribution in [0.25, 0.3) is 0 Å². The van der Waals surface area contributed by atoms with E-state index in [0.29, 0.717) is 12.2 Å². The maximum absolute atomic E-state index is 12.3. The van der Waals surface area contributed by atoms with Gasteiger partial charge in [0.2, 0.25) is 0 Å². The number of hydrogen-bond acceptors (Lipinski definition) is 2. The van der Waals surface area contributed by atoms with E-state index in [9.17, 15) is 13.2 Å². The quantitative estimate of drug-likeness (QED) is 0.869. The topological polar surface area (TPSA) is 43.8 Å². The molecule has 0 radical (unpaired) electrons. The largest absolute Gasteiger partial charge is 0.408 e. The second-order valence-electron chi connectivity index (χ2n) is 4.12. The second-order valence-corrected chi connectivity index (χ2v) is 4.12. The zero-order chi connectivity index (χ0) is 12.3. The lowest BCUT2D eigenvalue weighted by molar-refractivity contribution is -0.143. The molecule has 0 spiro atoms. The van der Waals surface area contributed by atoms with Crippen LogP contribution in [0.2, 0.25) is 0 Å². The summed E-state index contributed by atoms with van der Waals surface area (Å²) in [6, 6.07) is 1.60. The van der Waals surface area contributed by atoms with Crippen LogP contribution in [0.15, 0.2) is 12.3 Å². The van der Waals surface area contributed by atoms with Gasteiger partial charge in [0.25, 0.3) is 0 Å². The van der Waals surface area contributed by atoms with E-state index < -0.39 is 12.7 Å². The minimum atomic E-state index is -4.25. The molecular weight excluding hydrogens is 219 g/mol. The summed E-state index contributed by atoms with van der Waals surface area (Å²) in [5, 5.41) is 3.69. The minimum absolute atomic E-state index is 0.0927. The summed E-state index contributed by atoms with van der Waals surface area (Å²) in [6.45, 7) is 3.13. The standard InChI is InChI=1S/C10H16F3N3/c1-7(2)8(5-14)9-3-4-15-16(9)6-10(11,12)13/h3-4,7-8H,5-6,14H2,1-2H3. The highest BCUT2D eigenvalue weighted by molar-refractivity contribution is 5.09. The molecule has 0 aliphatic heterocycles.